The second-order valence-electron chi connectivity index (χ2n) is 7.56. The van der Waals surface area contributed by atoms with E-state index in [9.17, 15) is 18.0 Å². The lowest BCUT2D eigenvalue weighted by molar-refractivity contribution is -0.132. The van der Waals surface area contributed by atoms with Crippen LogP contribution < -0.4 is 14.8 Å². The maximum absolute atomic E-state index is 14.4. The Balaban J connectivity index is 1.64. The third-order valence-electron chi connectivity index (χ3n) is 5.28. The molecule has 1 aromatic rings. The molecule has 1 aromatic heterocycles. The fraction of sp³-hybridized carbons (Fsp3) is 0.684. The van der Waals surface area contributed by atoms with E-state index < -0.39 is 11.7 Å². The molecule has 156 valence electrons. The highest BCUT2D eigenvalue weighted by atomic mass is 19.3. The summed E-state index contributed by atoms with van der Waals surface area (Å²) >= 11 is 0. The third kappa shape index (κ3) is 4.87. The van der Waals surface area contributed by atoms with Crippen molar-refractivity contribution in [2.75, 3.05) is 27.3 Å². The van der Waals surface area contributed by atoms with Gasteiger partial charge in [-0.2, -0.15) is 4.98 Å². The predicted molar refractivity (Wildman–Crippen MR) is 96.0 cm³/mol. The van der Waals surface area contributed by atoms with Crippen molar-refractivity contribution in [3.8, 4) is 11.8 Å². The van der Waals surface area contributed by atoms with Crippen LogP contribution in [0, 0.1) is 11.7 Å². The van der Waals surface area contributed by atoms with Gasteiger partial charge >= 0.3 is 0 Å². The molecule has 6 nitrogen and oxygen atoms in total. The van der Waals surface area contributed by atoms with Crippen LogP contribution in [0.15, 0.2) is 6.07 Å². The highest BCUT2D eigenvalue weighted by Crippen LogP contribution is 2.39. The highest BCUT2D eigenvalue weighted by molar-refractivity contribution is 5.82. The zero-order valence-electron chi connectivity index (χ0n) is 16.1. The summed E-state index contributed by atoms with van der Waals surface area (Å²) in [5.74, 6) is -3.91. The summed E-state index contributed by atoms with van der Waals surface area (Å²) in [5.41, 5.74) is 0.411. The van der Waals surface area contributed by atoms with Crippen LogP contribution >= 0.6 is 0 Å². The van der Waals surface area contributed by atoms with Crippen molar-refractivity contribution in [1.29, 1.82) is 0 Å². The van der Waals surface area contributed by atoms with Gasteiger partial charge in [0, 0.05) is 25.5 Å². The van der Waals surface area contributed by atoms with Gasteiger partial charge in [-0.25, -0.2) is 13.2 Å². The number of aromatic nitrogens is 1. The Labute approximate surface area is 162 Å². The summed E-state index contributed by atoms with van der Waals surface area (Å²) in [7, 11) is 3.04. The van der Waals surface area contributed by atoms with Crippen molar-refractivity contribution >= 4 is 5.91 Å². The number of carbonyl (C=O) groups excluding carboxylic acids is 1. The smallest absolute Gasteiger partial charge is 0.253 e. The SMILES string of the molecule is COc1nc(OCC2CCC(F)(F)C2)c(F)cc1CN(C)C(=O)[C@@H]1CCCN1. The molecule has 0 bridgehead atoms. The largest absolute Gasteiger partial charge is 0.481 e. The molecular weight excluding hydrogens is 375 g/mol. The Hall–Kier alpha value is -2.03. The molecule has 0 spiro atoms. The Bertz CT molecular complexity index is 711. The maximum atomic E-state index is 14.4. The molecular formula is C19H26F3N3O3. The lowest BCUT2D eigenvalue weighted by atomic mass is 10.1. The number of rotatable bonds is 7. The van der Waals surface area contributed by atoms with Gasteiger partial charge in [-0.05, 0) is 37.8 Å². The number of alkyl halides is 2. The number of ether oxygens (including phenoxy) is 2. The zero-order valence-corrected chi connectivity index (χ0v) is 16.1. The van der Waals surface area contributed by atoms with Crippen molar-refractivity contribution in [3.63, 3.8) is 0 Å². The fourth-order valence-electron chi connectivity index (χ4n) is 3.76. The molecule has 2 fully saturated rings. The summed E-state index contributed by atoms with van der Waals surface area (Å²) in [6, 6.07) is 0.997. The summed E-state index contributed by atoms with van der Waals surface area (Å²) in [5, 5.41) is 3.14. The monoisotopic (exact) mass is 401 g/mol. The van der Waals surface area contributed by atoms with E-state index >= 15 is 0 Å². The number of carbonyl (C=O) groups is 1. The first-order valence-electron chi connectivity index (χ1n) is 9.51. The number of hydrogen-bond acceptors (Lipinski definition) is 5. The van der Waals surface area contributed by atoms with E-state index in [1.165, 1.54) is 18.1 Å². The Kier molecular flexibility index (Phi) is 6.32. The molecule has 2 aliphatic rings. The van der Waals surface area contributed by atoms with Crippen molar-refractivity contribution in [2.24, 2.45) is 5.92 Å². The molecule has 1 N–H and O–H groups in total. The number of halogens is 3. The van der Waals surface area contributed by atoms with E-state index in [4.69, 9.17) is 9.47 Å². The summed E-state index contributed by atoms with van der Waals surface area (Å²) in [4.78, 5) is 18.0. The fourth-order valence-corrected chi connectivity index (χ4v) is 3.76. The molecule has 3 rings (SSSR count). The molecule has 0 aromatic carbocycles. The molecule has 1 aliphatic carbocycles. The molecule has 1 amide bonds. The lowest BCUT2D eigenvalue weighted by Gasteiger charge is -2.22. The van der Waals surface area contributed by atoms with Gasteiger partial charge in [0.2, 0.25) is 17.7 Å². The molecule has 2 atom stereocenters. The van der Waals surface area contributed by atoms with Gasteiger partial charge in [0.05, 0.1) is 26.3 Å². The first kappa shape index (κ1) is 20.7. The Morgan fingerprint density at radius 3 is 2.79 bits per heavy atom. The lowest BCUT2D eigenvalue weighted by Crippen LogP contribution is -2.41. The Morgan fingerprint density at radius 1 is 1.39 bits per heavy atom. The number of pyridine rings is 1. The van der Waals surface area contributed by atoms with Crippen molar-refractivity contribution in [2.45, 2.75) is 50.6 Å². The number of methoxy groups -OCH3 is 1. The third-order valence-corrected chi connectivity index (χ3v) is 5.28. The number of nitrogens with zero attached hydrogens (tertiary/aromatic N) is 2. The van der Waals surface area contributed by atoms with E-state index in [0.29, 0.717) is 12.0 Å². The van der Waals surface area contributed by atoms with Crippen molar-refractivity contribution in [1.82, 2.24) is 15.2 Å². The number of hydrogen-bond donors (Lipinski definition) is 1. The minimum absolute atomic E-state index is 0.0201. The topological polar surface area (TPSA) is 63.7 Å². The van der Waals surface area contributed by atoms with Gasteiger partial charge in [0.25, 0.3) is 5.88 Å². The zero-order chi connectivity index (χ0) is 20.3. The van der Waals surface area contributed by atoms with Crippen LogP contribution in [0.3, 0.4) is 0 Å². The quantitative estimate of drug-likeness (QED) is 0.761. The van der Waals surface area contributed by atoms with Gasteiger partial charge in [0.1, 0.15) is 0 Å². The second kappa shape index (κ2) is 8.55. The average Bonchev–Trinajstić information content (AvgIpc) is 3.30. The molecule has 1 saturated carbocycles. The van der Waals surface area contributed by atoms with E-state index in [1.54, 1.807) is 7.05 Å². The van der Waals surface area contributed by atoms with Crippen LogP contribution in [-0.4, -0.2) is 55.1 Å². The maximum Gasteiger partial charge on any atom is 0.253 e. The van der Waals surface area contributed by atoms with Crippen molar-refractivity contribution < 1.29 is 27.4 Å². The molecule has 9 heteroatoms. The summed E-state index contributed by atoms with van der Waals surface area (Å²) in [6.07, 6.45) is 1.63. The Morgan fingerprint density at radius 2 is 2.18 bits per heavy atom. The molecule has 1 aliphatic heterocycles. The first-order chi connectivity index (χ1) is 13.3. The molecule has 28 heavy (non-hydrogen) atoms. The minimum atomic E-state index is -2.67. The van der Waals surface area contributed by atoms with Crippen LogP contribution in [0.5, 0.6) is 11.8 Å². The van der Waals surface area contributed by atoms with Crippen LogP contribution in [0.4, 0.5) is 13.2 Å². The van der Waals surface area contributed by atoms with Crippen molar-refractivity contribution in [3.05, 3.63) is 17.4 Å². The highest BCUT2D eigenvalue weighted by Gasteiger charge is 2.39. The van der Waals surface area contributed by atoms with Gasteiger partial charge in [0.15, 0.2) is 5.82 Å². The molecule has 2 heterocycles. The van der Waals surface area contributed by atoms with Crippen LogP contribution in [0.1, 0.15) is 37.7 Å². The van der Waals surface area contributed by atoms with Crippen LogP contribution in [-0.2, 0) is 11.3 Å². The summed E-state index contributed by atoms with van der Waals surface area (Å²) < 4.78 is 51.5. The van der Waals surface area contributed by atoms with E-state index in [-0.39, 0.29) is 55.6 Å². The van der Waals surface area contributed by atoms with Crippen LogP contribution in [0.25, 0.3) is 0 Å². The normalized spacial score (nSPS) is 23.6. The standard InChI is InChI=1S/C19H26F3N3O3/c1-25(18(26)15-4-3-7-23-15)10-13-8-14(20)17(24-16(13)27-2)28-11-12-5-6-19(21,22)9-12/h8,12,15,23H,3-7,9-11H2,1-2H3/t12?,15-/m0/s1. The number of likely N-dealkylation sites (N-methyl/N-ethyl adjacent to an activating group) is 1. The number of amides is 1. The predicted octanol–water partition coefficient (Wildman–Crippen LogP) is 2.75. The van der Waals surface area contributed by atoms with Crippen LogP contribution in [0.2, 0.25) is 0 Å². The summed E-state index contributed by atoms with van der Waals surface area (Å²) in [6.45, 7) is 0.926. The second-order valence-corrected chi connectivity index (χ2v) is 7.56. The van der Waals surface area contributed by atoms with E-state index in [2.05, 4.69) is 10.3 Å². The minimum Gasteiger partial charge on any atom is -0.481 e. The molecule has 1 unspecified atom stereocenters. The van der Waals surface area contributed by atoms with Gasteiger partial charge in [-0.3, -0.25) is 4.79 Å². The number of nitrogens with one attached hydrogen (secondary N) is 1. The van der Waals surface area contributed by atoms with E-state index in [0.717, 1.165) is 19.4 Å². The first-order valence-corrected chi connectivity index (χ1v) is 9.51. The van der Waals surface area contributed by atoms with Gasteiger partial charge in [-0.15, -0.1) is 0 Å². The molecule has 1 saturated heterocycles. The molecule has 0 radical (unpaired) electrons. The van der Waals surface area contributed by atoms with Gasteiger partial charge < -0.3 is 19.7 Å². The van der Waals surface area contributed by atoms with E-state index in [1.807, 2.05) is 0 Å². The average molecular weight is 401 g/mol. The van der Waals surface area contributed by atoms with Gasteiger partial charge in [-0.1, -0.05) is 0 Å².